The number of amides is 1. The number of rotatable bonds is 10. The van der Waals surface area contributed by atoms with Crippen LogP contribution in [0.15, 0.2) is 71.8 Å². The van der Waals surface area contributed by atoms with Gasteiger partial charge in [-0.25, -0.2) is 9.59 Å². The molecular weight excluding hydrogens is 719 g/mol. The molecule has 0 radical (unpaired) electrons. The average Bonchev–Trinajstić information content (AvgIpc) is 3.15. The number of ether oxygens (including phenoxy) is 5. The number of hydrogen-bond donors (Lipinski definition) is 4. The maximum Gasteiger partial charge on any atom is 0.508 e. The zero-order valence-corrected chi connectivity index (χ0v) is 32.1. The molecular formula is C40H49NO12S. The lowest BCUT2D eigenvalue weighted by atomic mass is 9.46. The van der Waals surface area contributed by atoms with Crippen LogP contribution in [0.3, 0.4) is 0 Å². The molecule has 1 amide bonds. The normalized spacial score (nSPS) is 33.7. The maximum absolute atomic E-state index is 14.7. The Bertz CT molecular complexity index is 1790. The van der Waals surface area contributed by atoms with E-state index in [0.29, 0.717) is 11.1 Å². The first-order chi connectivity index (χ1) is 25.5. The molecule has 2 aromatic carbocycles. The lowest BCUT2D eigenvalue weighted by molar-refractivity contribution is -0.326. The Morgan fingerprint density at radius 3 is 2.26 bits per heavy atom. The number of aliphatic hydroxyl groups excluding tert-OH is 1. The molecule has 3 fully saturated rings. The summed E-state index contributed by atoms with van der Waals surface area (Å²) >= 11 is 1.43. The zero-order valence-electron chi connectivity index (χ0n) is 31.3. The van der Waals surface area contributed by atoms with E-state index in [1.807, 2.05) is 6.26 Å². The maximum atomic E-state index is 14.7. The molecule has 9 unspecified atom stereocenters. The number of hydrogen-bond acceptors (Lipinski definition) is 13. The summed E-state index contributed by atoms with van der Waals surface area (Å²) < 4.78 is 28.4. The van der Waals surface area contributed by atoms with Gasteiger partial charge in [-0.3, -0.25) is 9.59 Å². The van der Waals surface area contributed by atoms with Gasteiger partial charge in [0.05, 0.1) is 42.9 Å². The summed E-state index contributed by atoms with van der Waals surface area (Å²) in [4.78, 5) is 55.2. The van der Waals surface area contributed by atoms with Crippen molar-refractivity contribution in [2.24, 2.45) is 16.7 Å². The van der Waals surface area contributed by atoms with Crippen LogP contribution in [0.25, 0.3) is 0 Å². The van der Waals surface area contributed by atoms with Crippen molar-refractivity contribution >= 4 is 35.6 Å². The van der Waals surface area contributed by atoms with Gasteiger partial charge in [0.2, 0.25) is 6.10 Å². The summed E-state index contributed by atoms with van der Waals surface area (Å²) in [6, 6.07) is 15.5. The molecule has 4 N–H and O–H groups in total. The van der Waals surface area contributed by atoms with Gasteiger partial charge in [0, 0.05) is 29.7 Å². The van der Waals surface area contributed by atoms with Crippen molar-refractivity contribution in [2.45, 2.75) is 94.7 Å². The number of fused-ring (bicyclic) bond motifs is 5. The van der Waals surface area contributed by atoms with Crippen molar-refractivity contribution < 1.29 is 58.2 Å². The highest BCUT2D eigenvalue weighted by Crippen LogP contribution is 2.63. The molecule has 2 saturated carbocycles. The van der Waals surface area contributed by atoms with Crippen molar-refractivity contribution in [2.75, 3.05) is 25.9 Å². The molecule has 1 saturated heterocycles. The third-order valence-corrected chi connectivity index (χ3v) is 12.8. The van der Waals surface area contributed by atoms with Crippen molar-refractivity contribution in [3.05, 3.63) is 82.9 Å². The minimum atomic E-state index is -1.78. The van der Waals surface area contributed by atoms with Crippen LogP contribution in [-0.2, 0) is 33.3 Å². The highest BCUT2D eigenvalue weighted by molar-refractivity contribution is 7.98. The Hall–Kier alpha value is -3.79. The van der Waals surface area contributed by atoms with E-state index in [4.69, 9.17) is 23.7 Å². The summed E-state index contributed by atoms with van der Waals surface area (Å²) in [5.74, 6) is -2.85. The van der Waals surface area contributed by atoms with Crippen LogP contribution in [0.1, 0.15) is 68.9 Å². The predicted octanol–water partition coefficient (Wildman–Crippen LogP) is 3.89. The van der Waals surface area contributed by atoms with Crippen molar-refractivity contribution in [1.29, 1.82) is 0 Å². The lowest BCUT2D eigenvalue weighted by Crippen LogP contribution is -2.76. The second-order valence-electron chi connectivity index (χ2n) is 15.5. The second-order valence-corrected chi connectivity index (χ2v) is 16.3. The Labute approximate surface area is 318 Å². The molecule has 1 aliphatic heterocycles. The molecule has 13 nitrogen and oxygen atoms in total. The number of ketones is 1. The summed E-state index contributed by atoms with van der Waals surface area (Å²) in [6.07, 6.45) is -5.56. The van der Waals surface area contributed by atoms with Gasteiger partial charge in [0.1, 0.15) is 23.9 Å². The van der Waals surface area contributed by atoms with Gasteiger partial charge in [-0.15, -0.1) is 11.8 Å². The van der Waals surface area contributed by atoms with E-state index in [1.165, 1.54) is 11.8 Å². The summed E-state index contributed by atoms with van der Waals surface area (Å²) in [7, 11) is 1.07. The first-order valence-corrected chi connectivity index (χ1v) is 19.4. The topological polar surface area (TPSA) is 187 Å². The molecule has 0 spiro atoms. The van der Waals surface area contributed by atoms with E-state index < -0.39 is 88.3 Å². The molecule has 6 rings (SSSR count). The van der Waals surface area contributed by atoms with Crippen LogP contribution < -0.4 is 5.32 Å². The number of carbonyl (C=O) groups excluding carboxylic acids is 4. The Morgan fingerprint density at radius 1 is 1.02 bits per heavy atom. The van der Waals surface area contributed by atoms with Crippen molar-refractivity contribution in [3.63, 3.8) is 0 Å². The van der Waals surface area contributed by atoms with Gasteiger partial charge in [0.25, 0.3) is 5.91 Å². The molecule has 3 aliphatic carbocycles. The Morgan fingerprint density at radius 2 is 1.67 bits per heavy atom. The number of nitrogens with one attached hydrogen (secondary N) is 1. The molecule has 54 heavy (non-hydrogen) atoms. The number of thioether (sulfide) groups is 1. The lowest BCUT2D eigenvalue weighted by Gasteiger charge is -2.65. The molecule has 0 aromatic heterocycles. The third-order valence-electron chi connectivity index (χ3n) is 12.4. The molecule has 2 bridgehead atoms. The molecule has 10 atom stereocenters. The van der Waals surface area contributed by atoms with E-state index in [9.17, 15) is 34.5 Å². The minimum absolute atomic E-state index is 0.0602. The molecule has 2 aromatic rings. The number of carbonyl (C=O) groups is 4. The highest BCUT2D eigenvalue weighted by atomic mass is 32.2. The molecule has 4 aliphatic rings. The third kappa shape index (κ3) is 6.64. The first kappa shape index (κ1) is 39.9. The largest absolute Gasteiger partial charge is 0.508 e. The van der Waals surface area contributed by atoms with Crippen LogP contribution in [0.5, 0.6) is 0 Å². The van der Waals surface area contributed by atoms with E-state index >= 15 is 0 Å². The van der Waals surface area contributed by atoms with Gasteiger partial charge >= 0.3 is 12.1 Å². The molecule has 1 heterocycles. The minimum Gasteiger partial charge on any atom is -0.455 e. The number of esters is 1. The fourth-order valence-corrected chi connectivity index (χ4v) is 9.40. The SMILES string of the molecule is COC(=O)OC(C(=O)OC1CC2(O)CC3C4(O)COC4CC(OCSC)[C@@]3(C)C(=O)C(O)C(=C1C)C2(C)C)C(NC(=O)c1ccccc1)c1ccccc1. The van der Waals surface area contributed by atoms with Crippen LogP contribution in [0.2, 0.25) is 0 Å². The second kappa shape index (κ2) is 15.0. The average molecular weight is 768 g/mol. The van der Waals surface area contributed by atoms with Crippen LogP contribution in [0.4, 0.5) is 4.79 Å². The van der Waals surface area contributed by atoms with Crippen LogP contribution >= 0.6 is 11.8 Å². The summed E-state index contributed by atoms with van der Waals surface area (Å²) in [5.41, 5.74) is -4.67. The van der Waals surface area contributed by atoms with Gasteiger partial charge in [0.15, 0.2) is 5.78 Å². The highest BCUT2D eigenvalue weighted by Gasteiger charge is 2.72. The molecule has 14 heteroatoms. The van der Waals surface area contributed by atoms with Gasteiger partial charge in [-0.2, -0.15) is 0 Å². The van der Waals surface area contributed by atoms with Crippen molar-refractivity contribution in [3.8, 4) is 0 Å². The van der Waals surface area contributed by atoms with E-state index in [2.05, 4.69) is 5.32 Å². The Kier molecular flexibility index (Phi) is 11.1. The predicted molar refractivity (Wildman–Crippen MR) is 196 cm³/mol. The van der Waals surface area contributed by atoms with Crippen LogP contribution in [-0.4, -0.2) is 107 Å². The zero-order chi connectivity index (χ0) is 39.2. The number of Topliss-reactive ketones (excluding diaryl/α,β-unsaturated/α-hetero) is 1. The first-order valence-electron chi connectivity index (χ1n) is 18.0. The van der Waals surface area contributed by atoms with Gasteiger partial charge in [-0.1, -0.05) is 62.4 Å². The number of methoxy groups -OCH3 is 1. The Balaban J connectivity index is 1.40. The smallest absolute Gasteiger partial charge is 0.455 e. The van der Waals surface area contributed by atoms with E-state index in [0.717, 1.165) is 7.11 Å². The molecule has 292 valence electrons. The van der Waals surface area contributed by atoms with Gasteiger partial charge < -0.3 is 44.3 Å². The van der Waals surface area contributed by atoms with Gasteiger partial charge in [-0.05, 0) is 55.4 Å². The fraction of sp³-hybridized carbons (Fsp3) is 0.550. The number of aliphatic hydroxyl groups is 3. The van der Waals surface area contributed by atoms with Crippen LogP contribution in [0, 0.1) is 16.7 Å². The van der Waals surface area contributed by atoms with Crippen molar-refractivity contribution in [1.82, 2.24) is 5.32 Å². The summed E-state index contributed by atoms with van der Waals surface area (Å²) in [6.45, 7) is 6.70. The number of benzene rings is 2. The summed E-state index contributed by atoms with van der Waals surface area (Å²) in [5, 5.41) is 39.8. The fourth-order valence-electron chi connectivity index (χ4n) is 9.10. The van der Waals surface area contributed by atoms with E-state index in [-0.39, 0.29) is 42.9 Å². The standard InChI is InChI=1S/C40H49NO12S/c1-22-25(52-35(45)32(53-36(46)49-5)30(23-13-9-7-10-14-23)41-34(44)24-15-11-8-12-16-24)18-39(47)19-26-38(4,33(43)31(42)29(22)37(39,2)3)27(51-21-54-6)17-28-40(26,48)20-50-28/h7-16,25-28,30-32,42,47-48H,17-21H2,1-6H3,(H,41,44)/t25?,26?,27?,28?,30?,31?,32?,38-,39?,40?/m0/s1. The van der Waals surface area contributed by atoms with E-state index in [1.54, 1.807) is 88.4 Å². The monoisotopic (exact) mass is 767 g/mol. The quantitative estimate of drug-likeness (QED) is 0.155.